The molecule has 0 saturated carbocycles. The second-order valence-electron chi connectivity index (χ2n) is 6.88. The molecule has 176 valence electrons. The van der Waals surface area contributed by atoms with Gasteiger partial charge in [-0.3, -0.25) is 24.3 Å². The van der Waals surface area contributed by atoms with Crippen molar-refractivity contribution < 1.29 is 40.7 Å². The number of benzene rings is 2. The molecule has 1 aromatic heterocycles. The maximum Gasteiger partial charge on any atom is 0.416 e. The largest absolute Gasteiger partial charge is 0.450 e. The smallest absolute Gasteiger partial charge is 0.416 e. The molecule has 34 heavy (non-hydrogen) atoms. The van der Waals surface area contributed by atoms with E-state index < -0.39 is 75.1 Å². The predicted octanol–water partition coefficient (Wildman–Crippen LogP) is 4.29. The number of hydrogen-bond donors (Lipinski definition) is 2. The Balaban J connectivity index is 1.85. The first-order valence-corrected chi connectivity index (χ1v) is 9.73. The molecular weight excluding hydrogens is 540 g/mol. The van der Waals surface area contributed by atoms with Crippen LogP contribution in [0.4, 0.5) is 32.2 Å². The molecule has 3 N–H and O–H groups in total. The summed E-state index contributed by atoms with van der Waals surface area (Å²) >= 11 is 2.89. The molecule has 3 aromatic rings. The van der Waals surface area contributed by atoms with Gasteiger partial charge in [0.25, 0.3) is 17.4 Å². The molecule has 1 aliphatic rings. The highest BCUT2D eigenvalue weighted by molar-refractivity contribution is 9.10. The van der Waals surface area contributed by atoms with Crippen molar-refractivity contribution in [1.29, 1.82) is 0 Å². The van der Waals surface area contributed by atoms with E-state index in [4.69, 9.17) is 10.5 Å². The molecule has 0 fully saturated rings. The van der Waals surface area contributed by atoms with Gasteiger partial charge in [-0.15, -0.1) is 0 Å². The zero-order chi connectivity index (χ0) is 25.1. The van der Waals surface area contributed by atoms with Crippen molar-refractivity contribution in [3.05, 3.63) is 79.3 Å². The molecule has 14 heteroatoms. The topological polar surface area (TPSA) is 103 Å². The Morgan fingerprint density at radius 1 is 0.912 bits per heavy atom. The van der Waals surface area contributed by atoms with Crippen molar-refractivity contribution in [2.75, 3.05) is 5.73 Å². The van der Waals surface area contributed by atoms with Crippen LogP contribution in [0.1, 0.15) is 26.3 Å². The number of rotatable bonds is 3. The second-order valence-corrected chi connectivity index (χ2v) is 7.73. The van der Waals surface area contributed by atoms with Crippen LogP contribution in [0.2, 0.25) is 0 Å². The average Bonchev–Trinajstić information content (AvgIpc) is 2.99. The van der Waals surface area contributed by atoms with E-state index in [2.05, 4.69) is 15.9 Å². The minimum Gasteiger partial charge on any atom is -0.450 e. The van der Waals surface area contributed by atoms with Crippen LogP contribution < -0.4 is 21.3 Å². The number of alkyl halides is 3. The molecule has 0 bridgehead atoms. The average molecular weight is 548 g/mol. The fraction of sp³-hybridized carbons (Fsp3) is 0.0500. The molecular formula is C20H8BrF6N3O4. The number of nitrogens with zero attached hydrogens (tertiary/aromatic N) is 1. The lowest BCUT2D eigenvalue weighted by atomic mass is 10.1. The van der Waals surface area contributed by atoms with Gasteiger partial charge in [-0.2, -0.15) is 13.2 Å². The van der Waals surface area contributed by atoms with E-state index in [1.54, 1.807) is 0 Å². The van der Waals surface area contributed by atoms with E-state index in [1.807, 2.05) is 5.32 Å². The third kappa shape index (κ3) is 3.79. The predicted molar refractivity (Wildman–Crippen MR) is 107 cm³/mol. The van der Waals surface area contributed by atoms with Gasteiger partial charge in [0.15, 0.2) is 17.4 Å². The number of imide groups is 1. The highest BCUT2D eigenvalue weighted by atomic mass is 79.9. The Labute approximate surface area is 192 Å². The number of hydrogen-bond acceptors (Lipinski definition) is 5. The van der Waals surface area contributed by atoms with Gasteiger partial charge in [0.2, 0.25) is 0 Å². The first-order valence-electron chi connectivity index (χ1n) is 8.94. The number of aromatic nitrogens is 1. The quantitative estimate of drug-likeness (QED) is 0.376. The maximum atomic E-state index is 14.7. The summed E-state index contributed by atoms with van der Waals surface area (Å²) in [5.41, 5.74) is 1.86. The third-order valence-corrected chi connectivity index (χ3v) is 5.35. The zero-order valence-corrected chi connectivity index (χ0v) is 17.8. The lowest BCUT2D eigenvalue weighted by molar-refractivity contribution is -0.138. The number of ether oxygens (including phenoxy) is 1. The number of nitrogens with two attached hydrogens (primary N) is 1. The molecule has 0 unspecified atom stereocenters. The van der Waals surface area contributed by atoms with Gasteiger partial charge in [0.1, 0.15) is 17.4 Å². The second kappa shape index (κ2) is 7.90. The highest BCUT2D eigenvalue weighted by Crippen LogP contribution is 2.39. The molecule has 0 radical (unpaired) electrons. The van der Waals surface area contributed by atoms with Gasteiger partial charge in [0.05, 0.1) is 26.9 Å². The van der Waals surface area contributed by atoms with Crippen LogP contribution >= 0.6 is 15.9 Å². The summed E-state index contributed by atoms with van der Waals surface area (Å²) in [6, 6.07) is 2.26. The van der Waals surface area contributed by atoms with Gasteiger partial charge in [-0.05, 0) is 34.1 Å². The molecule has 2 amide bonds. The Bertz CT molecular complexity index is 1450. The minimum absolute atomic E-state index is 0.00929. The van der Waals surface area contributed by atoms with Crippen LogP contribution in [0.25, 0.3) is 5.69 Å². The number of carbonyl (C=O) groups is 2. The van der Waals surface area contributed by atoms with Gasteiger partial charge >= 0.3 is 6.18 Å². The van der Waals surface area contributed by atoms with E-state index >= 15 is 0 Å². The van der Waals surface area contributed by atoms with E-state index in [0.717, 1.165) is 18.2 Å². The Morgan fingerprint density at radius 3 is 2.12 bits per heavy atom. The summed E-state index contributed by atoms with van der Waals surface area (Å²) in [7, 11) is 0. The van der Waals surface area contributed by atoms with Gasteiger partial charge in [0, 0.05) is 12.1 Å². The maximum absolute atomic E-state index is 14.7. The summed E-state index contributed by atoms with van der Waals surface area (Å²) in [4.78, 5) is 36.3. The first kappa shape index (κ1) is 23.4. The van der Waals surface area contributed by atoms with Crippen LogP contribution in [0, 0.1) is 17.5 Å². The van der Waals surface area contributed by atoms with Gasteiger partial charge in [-0.1, -0.05) is 0 Å². The fourth-order valence-corrected chi connectivity index (χ4v) is 3.62. The van der Waals surface area contributed by atoms with Crippen LogP contribution in [0.5, 0.6) is 11.5 Å². The Hall–Kier alpha value is -3.81. The molecule has 7 nitrogen and oxygen atoms in total. The number of nitrogen functional groups attached to an aromatic ring is 1. The number of halogens is 7. The molecule has 4 rings (SSSR count). The number of anilines is 1. The van der Waals surface area contributed by atoms with Gasteiger partial charge < -0.3 is 10.5 Å². The Morgan fingerprint density at radius 2 is 1.53 bits per heavy atom. The molecule has 0 saturated heterocycles. The first-order chi connectivity index (χ1) is 15.8. The molecule has 1 aliphatic heterocycles. The number of pyridine rings is 1. The zero-order valence-electron chi connectivity index (χ0n) is 16.2. The van der Waals surface area contributed by atoms with Crippen LogP contribution in [-0.2, 0) is 6.18 Å². The fourth-order valence-electron chi connectivity index (χ4n) is 3.23. The standard InChI is InChI=1S/C20H8BrF6N3O4/c21-8-4-9(22)12(30-14(31)3-7-15(17(30)28)19(33)29-18(7)32)5-13(8)34-16-10(23)1-6(2-11(16)24)20(25,26)27/h1-5H,28H2,(H,29,32,33). The van der Waals surface area contributed by atoms with Crippen LogP contribution in [0.3, 0.4) is 0 Å². The van der Waals surface area contributed by atoms with Crippen molar-refractivity contribution in [2.24, 2.45) is 0 Å². The van der Waals surface area contributed by atoms with Crippen molar-refractivity contribution in [1.82, 2.24) is 9.88 Å². The van der Waals surface area contributed by atoms with Crippen LogP contribution in [0.15, 0.2) is 39.6 Å². The summed E-state index contributed by atoms with van der Waals surface area (Å²) < 4.78 is 86.8. The van der Waals surface area contributed by atoms with Crippen molar-refractivity contribution in [3.63, 3.8) is 0 Å². The normalized spacial score (nSPS) is 13.1. The third-order valence-electron chi connectivity index (χ3n) is 4.73. The van der Waals surface area contributed by atoms with Gasteiger partial charge in [-0.25, -0.2) is 13.2 Å². The lowest BCUT2D eigenvalue weighted by Gasteiger charge is -2.16. The summed E-state index contributed by atoms with van der Waals surface area (Å²) in [5, 5.41) is 1.92. The van der Waals surface area contributed by atoms with Crippen molar-refractivity contribution >= 4 is 33.6 Å². The van der Waals surface area contributed by atoms with Crippen molar-refractivity contribution in [3.8, 4) is 17.2 Å². The SMILES string of the molecule is Nc1c2c(cc(=O)n1-c1cc(Oc3c(F)cc(C(F)(F)F)cc3F)c(Br)cc1F)C(=O)NC2=O. The van der Waals surface area contributed by atoms with Crippen LogP contribution in [-0.4, -0.2) is 16.4 Å². The van der Waals surface area contributed by atoms with Crippen molar-refractivity contribution in [2.45, 2.75) is 6.18 Å². The Kier molecular flexibility index (Phi) is 5.43. The highest BCUT2D eigenvalue weighted by Gasteiger charge is 2.34. The van der Waals surface area contributed by atoms with E-state index in [-0.39, 0.29) is 22.2 Å². The summed E-state index contributed by atoms with van der Waals surface area (Å²) in [6.07, 6.45) is -5.02. The molecule has 0 spiro atoms. The number of amides is 2. The molecule has 0 atom stereocenters. The minimum atomic E-state index is -5.02. The molecule has 2 heterocycles. The number of nitrogens with one attached hydrogen (secondary N) is 1. The van der Waals surface area contributed by atoms with E-state index in [9.17, 15) is 40.7 Å². The summed E-state index contributed by atoms with van der Waals surface area (Å²) in [6.45, 7) is 0. The molecule has 2 aromatic carbocycles. The lowest BCUT2D eigenvalue weighted by Crippen LogP contribution is -2.24. The number of carbonyl (C=O) groups excluding carboxylic acids is 2. The van der Waals surface area contributed by atoms with E-state index in [0.29, 0.717) is 4.57 Å². The number of fused-ring (bicyclic) bond motifs is 1. The summed E-state index contributed by atoms with van der Waals surface area (Å²) in [5.74, 6) is -8.68. The molecule has 0 aliphatic carbocycles. The monoisotopic (exact) mass is 547 g/mol. The van der Waals surface area contributed by atoms with E-state index in [1.165, 1.54) is 0 Å².